The number of hydrogen-bond acceptors (Lipinski definition) is 3. The smallest absolute Gasteiger partial charge is 0.217 e. The molecule has 0 heterocycles. The van der Waals surface area contributed by atoms with Crippen LogP contribution in [-0.4, -0.2) is 20.1 Å². The number of benzene rings is 1. The van der Waals surface area contributed by atoms with E-state index in [1.165, 1.54) is 5.56 Å². The summed E-state index contributed by atoms with van der Waals surface area (Å²) in [5.41, 5.74) is 2.32. The fourth-order valence-corrected chi connectivity index (χ4v) is 2.85. The van der Waals surface area contributed by atoms with Crippen molar-refractivity contribution in [3.8, 4) is 11.5 Å². The van der Waals surface area contributed by atoms with Crippen molar-refractivity contribution in [1.82, 2.24) is 5.32 Å². The van der Waals surface area contributed by atoms with Crippen molar-refractivity contribution in [2.24, 2.45) is 5.41 Å². The Hall–Kier alpha value is -1.71. The fourth-order valence-electron chi connectivity index (χ4n) is 2.85. The molecule has 0 spiro atoms. The molecule has 104 valence electrons. The normalized spacial score (nSPS) is 19.7. The van der Waals surface area contributed by atoms with Crippen LogP contribution in [-0.2, 0) is 11.2 Å². The molecule has 1 aliphatic rings. The molecular formula is C15H21NO3. The molecule has 1 unspecified atom stereocenters. The average Bonchev–Trinajstić information content (AvgIpc) is 2.57. The van der Waals surface area contributed by atoms with Crippen molar-refractivity contribution in [2.75, 3.05) is 14.2 Å². The second-order valence-electron chi connectivity index (χ2n) is 5.70. The van der Waals surface area contributed by atoms with Crippen molar-refractivity contribution in [3.05, 3.63) is 23.3 Å². The quantitative estimate of drug-likeness (QED) is 0.911. The van der Waals surface area contributed by atoms with E-state index in [0.29, 0.717) is 5.75 Å². The minimum Gasteiger partial charge on any atom is -0.493 e. The van der Waals surface area contributed by atoms with Gasteiger partial charge in [0, 0.05) is 6.92 Å². The SMILES string of the molecule is COc1cc2c(cc1OC)C(NC(C)=O)C(C)(C)C2. The molecule has 0 aromatic heterocycles. The second kappa shape index (κ2) is 4.76. The number of methoxy groups -OCH3 is 2. The Morgan fingerprint density at radius 2 is 1.84 bits per heavy atom. The van der Waals surface area contributed by atoms with Gasteiger partial charge in [0.25, 0.3) is 0 Å². The number of nitrogens with one attached hydrogen (secondary N) is 1. The van der Waals surface area contributed by atoms with E-state index in [0.717, 1.165) is 17.7 Å². The topological polar surface area (TPSA) is 47.6 Å². The third-order valence-electron chi connectivity index (χ3n) is 3.73. The molecule has 0 bridgehead atoms. The van der Waals surface area contributed by atoms with Gasteiger partial charge >= 0.3 is 0 Å². The Bertz CT molecular complexity index is 508. The van der Waals surface area contributed by atoms with Crippen LogP contribution in [0.3, 0.4) is 0 Å². The predicted octanol–water partition coefficient (Wildman–Crippen LogP) is 2.46. The summed E-state index contributed by atoms with van der Waals surface area (Å²) >= 11 is 0. The largest absolute Gasteiger partial charge is 0.493 e. The molecule has 1 aromatic carbocycles. The van der Waals surface area contributed by atoms with E-state index in [1.807, 2.05) is 12.1 Å². The summed E-state index contributed by atoms with van der Waals surface area (Å²) in [7, 11) is 3.26. The molecule has 4 heteroatoms. The zero-order valence-electron chi connectivity index (χ0n) is 12.2. The highest BCUT2D eigenvalue weighted by Crippen LogP contribution is 2.48. The first-order chi connectivity index (χ1) is 8.89. The van der Waals surface area contributed by atoms with Crippen LogP contribution in [0.25, 0.3) is 0 Å². The molecule has 1 aliphatic carbocycles. The highest BCUT2D eigenvalue weighted by Gasteiger charge is 2.40. The Morgan fingerprint density at radius 3 is 2.37 bits per heavy atom. The summed E-state index contributed by atoms with van der Waals surface area (Å²) in [6, 6.07) is 4.00. The average molecular weight is 263 g/mol. The van der Waals surface area contributed by atoms with Crippen molar-refractivity contribution < 1.29 is 14.3 Å². The number of carbonyl (C=O) groups excluding carboxylic acids is 1. The predicted molar refractivity (Wildman–Crippen MR) is 73.6 cm³/mol. The number of carbonyl (C=O) groups is 1. The maximum atomic E-state index is 11.4. The maximum Gasteiger partial charge on any atom is 0.217 e. The lowest BCUT2D eigenvalue weighted by Gasteiger charge is -2.28. The molecule has 1 N–H and O–H groups in total. The molecule has 0 radical (unpaired) electrons. The van der Waals surface area contributed by atoms with E-state index in [1.54, 1.807) is 21.1 Å². The minimum absolute atomic E-state index is 0.00855. The summed E-state index contributed by atoms with van der Waals surface area (Å²) in [5.74, 6) is 1.43. The third kappa shape index (κ3) is 2.39. The number of hydrogen-bond donors (Lipinski definition) is 1. The van der Waals surface area contributed by atoms with Gasteiger partial charge in [-0.1, -0.05) is 13.8 Å². The Morgan fingerprint density at radius 1 is 1.26 bits per heavy atom. The van der Waals surface area contributed by atoms with Gasteiger partial charge in [-0.3, -0.25) is 4.79 Å². The fraction of sp³-hybridized carbons (Fsp3) is 0.533. The molecule has 0 fully saturated rings. The molecule has 19 heavy (non-hydrogen) atoms. The van der Waals surface area contributed by atoms with Crippen LogP contribution in [0.2, 0.25) is 0 Å². The zero-order valence-corrected chi connectivity index (χ0v) is 12.2. The van der Waals surface area contributed by atoms with Crippen LogP contribution in [0.15, 0.2) is 12.1 Å². The molecule has 1 aromatic rings. The first-order valence-electron chi connectivity index (χ1n) is 6.41. The van der Waals surface area contributed by atoms with Crippen molar-refractivity contribution in [2.45, 2.75) is 33.2 Å². The molecule has 2 rings (SSSR count). The first kappa shape index (κ1) is 13.7. The summed E-state index contributed by atoms with van der Waals surface area (Å²) < 4.78 is 10.7. The number of ether oxygens (including phenoxy) is 2. The Labute approximate surface area is 114 Å². The minimum atomic E-state index is -0.0132. The lowest BCUT2D eigenvalue weighted by Crippen LogP contribution is -2.34. The van der Waals surface area contributed by atoms with E-state index in [4.69, 9.17) is 9.47 Å². The van der Waals surface area contributed by atoms with Crippen LogP contribution in [0.5, 0.6) is 11.5 Å². The van der Waals surface area contributed by atoms with Crippen molar-refractivity contribution >= 4 is 5.91 Å². The van der Waals surface area contributed by atoms with E-state index >= 15 is 0 Å². The van der Waals surface area contributed by atoms with Crippen LogP contribution >= 0.6 is 0 Å². The van der Waals surface area contributed by atoms with Gasteiger partial charge in [0.1, 0.15) is 0 Å². The van der Waals surface area contributed by atoms with Crippen molar-refractivity contribution in [1.29, 1.82) is 0 Å². The van der Waals surface area contributed by atoms with E-state index in [2.05, 4.69) is 19.2 Å². The molecular weight excluding hydrogens is 242 g/mol. The molecule has 4 nitrogen and oxygen atoms in total. The highest BCUT2D eigenvalue weighted by molar-refractivity contribution is 5.74. The molecule has 0 saturated carbocycles. The Kier molecular flexibility index (Phi) is 3.43. The van der Waals surface area contributed by atoms with Crippen molar-refractivity contribution in [3.63, 3.8) is 0 Å². The van der Waals surface area contributed by atoms with Gasteiger partial charge in [0.05, 0.1) is 20.3 Å². The van der Waals surface area contributed by atoms with E-state index < -0.39 is 0 Å². The summed E-state index contributed by atoms with van der Waals surface area (Å²) in [5, 5.41) is 3.04. The number of fused-ring (bicyclic) bond motifs is 1. The summed E-state index contributed by atoms with van der Waals surface area (Å²) in [4.78, 5) is 11.4. The molecule has 1 atom stereocenters. The lowest BCUT2D eigenvalue weighted by molar-refractivity contribution is -0.120. The van der Waals surface area contributed by atoms with Crippen LogP contribution in [0.1, 0.15) is 37.9 Å². The summed E-state index contributed by atoms with van der Waals surface area (Å²) in [6.45, 7) is 5.87. The Balaban J connectivity index is 2.49. The lowest BCUT2D eigenvalue weighted by atomic mass is 9.85. The van der Waals surface area contributed by atoms with Crippen LogP contribution in [0.4, 0.5) is 0 Å². The first-order valence-corrected chi connectivity index (χ1v) is 6.41. The second-order valence-corrected chi connectivity index (χ2v) is 5.70. The van der Waals surface area contributed by atoms with Gasteiger partial charge in [-0.25, -0.2) is 0 Å². The number of amides is 1. The standard InChI is InChI=1S/C15H21NO3/c1-9(17)16-14-11-7-13(19-5)12(18-4)6-10(11)8-15(14,2)3/h6-7,14H,8H2,1-5H3,(H,16,17). The van der Waals surface area contributed by atoms with Gasteiger partial charge in [-0.2, -0.15) is 0 Å². The molecule has 0 saturated heterocycles. The number of rotatable bonds is 3. The van der Waals surface area contributed by atoms with Gasteiger partial charge in [-0.05, 0) is 35.1 Å². The maximum absolute atomic E-state index is 11.4. The molecule has 1 amide bonds. The van der Waals surface area contributed by atoms with E-state index in [9.17, 15) is 4.79 Å². The zero-order chi connectivity index (χ0) is 14.2. The van der Waals surface area contributed by atoms with Gasteiger partial charge in [-0.15, -0.1) is 0 Å². The monoisotopic (exact) mass is 263 g/mol. The van der Waals surface area contributed by atoms with E-state index in [-0.39, 0.29) is 17.4 Å². The van der Waals surface area contributed by atoms with Gasteiger partial charge in [0.2, 0.25) is 5.91 Å². The van der Waals surface area contributed by atoms with Gasteiger partial charge in [0.15, 0.2) is 11.5 Å². The third-order valence-corrected chi connectivity index (χ3v) is 3.73. The molecule has 0 aliphatic heterocycles. The van der Waals surface area contributed by atoms with Crippen LogP contribution < -0.4 is 14.8 Å². The highest BCUT2D eigenvalue weighted by atomic mass is 16.5. The van der Waals surface area contributed by atoms with Gasteiger partial charge < -0.3 is 14.8 Å². The summed E-state index contributed by atoms with van der Waals surface area (Å²) in [6.07, 6.45) is 0.910. The van der Waals surface area contributed by atoms with Crippen LogP contribution in [0, 0.1) is 5.41 Å².